The summed E-state index contributed by atoms with van der Waals surface area (Å²) in [6, 6.07) is 12.6. The molecule has 0 saturated heterocycles. The van der Waals surface area contributed by atoms with Crippen LogP contribution in [0.2, 0.25) is 0 Å². The van der Waals surface area contributed by atoms with Gasteiger partial charge in [0.2, 0.25) is 5.91 Å². The van der Waals surface area contributed by atoms with Crippen LogP contribution in [0, 0.1) is 6.92 Å². The summed E-state index contributed by atoms with van der Waals surface area (Å²) < 4.78 is 42.8. The van der Waals surface area contributed by atoms with Crippen LogP contribution in [0.4, 0.5) is 11.5 Å². The number of carbonyl (C=O) groups is 1. The number of methoxy groups -OCH3 is 1. The van der Waals surface area contributed by atoms with E-state index in [-0.39, 0.29) is 16.6 Å². The number of anilines is 2. The molecule has 1 heterocycles. The summed E-state index contributed by atoms with van der Waals surface area (Å²) in [7, 11) is -2.28. The van der Waals surface area contributed by atoms with Crippen LogP contribution in [0.15, 0.2) is 64.0 Å². The van der Waals surface area contributed by atoms with Crippen molar-refractivity contribution in [3.8, 4) is 11.5 Å². The number of amides is 1. The van der Waals surface area contributed by atoms with Gasteiger partial charge in [0.05, 0.1) is 18.6 Å². The van der Waals surface area contributed by atoms with E-state index in [1.165, 1.54) is 36.4 Å². The van der Waals surface area contributed by atoms with E-state index in [1.54, 1.807) is 38.3 Å². The molecule has 32 heavy (non-hydrogen) atoms. The Bertz CT molecular complexity index is 1220. The summed E-state index contributed by atoms with van der Waals surface area (Å²) in [4.78, 5) is 12.3. The maximum atomic E-state index is 12.4. The minimum atomic E-state index is -3.83. The van der Waals surface area contributed by atoms with Crippen molar-refractivity contribution in [3.05, 3.63) is 65.9 Å². The molecule has 1 aromatic heterocycles. The summed E-state index contributed by atoms with van der Waals surface area (Å²) in [5.41, 5.74) is 1.20. The number of ether oxygens (including phenoxy) is 2. The Morgan fingerprint density at radius 2 is 1.88 bits per heavy atom. The van der Waals surface area contributed by atoms with E-state index in [0.29, 0.717) is 29.6 Å². The zero-order valence-corrected chi connectivity index (χ0v) is 18.6. The van der Waals surface area contributed by atoms with Crippen molar-refractivity contribution in [1.29, 1.82) is 0 Å². The first-order valence-electron chi connectivity index (χ1n) is 9.67. The monoisotopic (exact) mass is 457 g/mol. The van der Waals surface area contributed by atoms with Crippen molar-refractivity contribution < 1.29 is 27.2 Å². The number of rotatable bonds is 9. The van der Waals surface area contributed by atoms with Crippen molar-refractivity contribution in [3.63, 3.8) is 0 Å². The first-order valence-corrected chi connectivity index (χ1v) is 11.1. The predicted octanol–water partition coefficient (Wildman–Crippen LogP) is 3.84. The van der Waals surface area contributed by atoms with E-state index in [2.05, 4.69) is 15.2 Å². The lowest BCUT2D eigenvalue weighted by molar-refractivity contribution is -0.111. The van der Waals surface area contributed by atoms with Crippen molar-refractivity contribution in [2.24, 2.45) is 0 Å². The van der Waals surface area contributed by atoms with Gasteiger partial charge in [-0.25, -0.2) is 8.42 Å². The molecule has 0 aliphatic heterocycles. The molecule has 0 fully saturated rings. The Balaban J connectivity index is 1.63. The van der Waals surface area contributed by atoms with Gasteiger partial charge in [0.1, 0.15) is 5.76 Å². The van der Waals surface area contributed by atoms with Crippen LogP contribution in [-0.4, -0.2) is 33.2 Å². The molecule has 3 aromatic rings. The lowest BCUT2D eigenvalue weighted by atomic mass is 10.2. The third kappa shape index (κ3) is 5.88. The Kier molecular flexibility index (Phi) is 7.16. The van der Waals surface area contributed by atoms with Crippen LogP contribution < -0.4 is 19.5 Å². The van der Waals surface area contributed by atoms with Crippen LogP contribution in [0.25, 0.3) is 6.08 Å². The molecule has 0 unspecified atom stereocenters. The summed E-state index contributed by atoms with van der Waals surface area (Å²) in [6.07, 6.45) is 3.00. The van der Waals surface area contributed by atoms with Gasteiger partial charge < -0.3 is 19.3 Å². The van der Waals surface area contributed by atoms with Crippen molar-refractivity contribution in [2.75, 3.05) is 23.8 Å². The first-order chi connectivity index (χ1) is 15.3. The normalized spacial score (nSPS) is 11.3. The molecule has 2 N–H and O–H groups in total. The predicted molar refractivity (Wildman–Crippen MR) is 120 cm³/mol. The third-order valence-corrected chi connectivity index (χ3v) is 5.58. The summed E-state index contributed by atoms with van der Waals surface area (Å²) in [5.74, 6) is 1.40. The van der Waals surface area contributed by atoms with Crippen molar-refractivity contribution in [2.45, 2.75) is 18.7 Å². The quantitative estimate of drug-likeness (QED) is 0.468. The number of benzene rings is 2. The Labute approximate surface area is 186 Å². The van der Waals surface area contributed by atoms with E-state index >= 15 is 0 Å². The third-order valence-electron chi connectivity index (χ3n) is 4.21. The summed E-state index contributed by atoms with van der Waals surface area (Å²) in [5, 5.41) is 6.29. The highest BCUT2D eigenvalue weighted by Gasteiger charge is 2.16. The molecule has 0 bridgehead atoms. The molecular formula is C22H23N3O6S. The molecule has 0 atom stereocenters. The summed E-state index contributed by atoms with van der Waals surface area (Å²) in [6.45, 7) is 4.06. The number of sulfonamides is 1. The zero-order valence-electron chi connectivity index (χ0n) is 17.8. The van der Waals surface area contributed by atoms with Crippen molar-refractivity contribution >= 4 is 33.5 Å². The van der Waals surface area contributed by atoms with Crippen molar-refractivity contribution in [1.82, 2.24) is 5.16 Å². The van der Waals surface area contributed by atoms with E-state index in [9.17, 15) is 13.2 Å². The molecule has 1 amide bonds. The maximum Gasteiger partial charge on any atom is 0.263 e. The fraction of sp³-hybridized carbons (Fsp3) is 0.182. The number of hydrogen-bond donors (Lipinski definition) is 2. The topological polar surface area (TPSA) is 120 Å². The number of carbonyl (C=O) groups excluding carboxylic acids is 1. The van der Waals surface area contributed by atoms with Gasteiger partial charge in [-0.3, -0.25) is 9.52 Å². The lowest BCUT2D eigenvalue weighted by Gasteiger charge is -2.09. The lowest BCUT2D eigenvalue weighted by Crippen LogP contribution is -2.13. The molecule has 0 aliphatic rings. The van der Waals surface area contributed by atoms with Crippen LogP contribution in [0.3, 0.4) is 0 Å². The van der Waals surface area contributed by atoms with Gasteiger partial charge in [-0.15, -0.1) is 0 Å². The van der Waals surface area contributed by atoms with E-state index in [1.807, 2.05) is 6.92 Å². The van der Waals surface area contributed by atoms with E-state index in [0.717, 1.165) is 5.56 Å². The van der Waals surface area contributed by atoms with Crippen LogP contribution in [0.1, 0.15) is 18.2 Å². The SMILES string of the molecule is CCOc1ccc(C=CC(=O)Nc2ccc(S(=O)(=O)Nc3cc(C)on3)cc2)cc1OC. The molecule has 2 aromatic carbocycles. The maximum absolute atomic E-state index is 12.4. The highest BCUT2D eigenvalue weighted by molar-refractivity contribution is 7.92. The minimum Gasteiger partial charge on any atom is -0.493 e. The average Bonchev–Trinajstić information content (AvgIpc) is 3.17. The van der Waals surface area contributed by atoms with Gasteiger partial charge in [-0.1, -0.05) is 11.2 Å². The molecule has 168 valence electrons. The van der Waals surface area contributed by atoms with Gasteiger partial charge in [-0.2, -0.15) is 0 Å². The minimum absolute atomic E-state index is 0.0215. The Morgan fingerprint density at radius 1 is 1.12 bits per heavy atom. The Morgan fingerprint density at radius 3 is 2.50 bits per heavy atom. The number of aryl methyl sites for hydroxylation is 1. The molecule has 3 rings (SSSR count). The van der Waals surface area contributed by atoms with Crippen LogP contribution in [0.5, 0.6) is 11.5 Å². The van der Waals surface area contributed by atoms with Gasteiger partial charge in [0, 0.05) is 17.8 Å². The number of aromatic nitrogens is 1. The average molecular weight is 458 g/mol. The summed E-state index contributed by atoms with van der Waals surface area (Å²) >= 11 is 0. The number of hydrogen-bond acceptors (Lipinski definition) is 7. The standard InChI is InChI=1S/C22H23N3O6S/c1-4-30-19-11-5-16(14-20(19)29-3)6-12-22(26)23-17-7-9-18(10-8-17)32(27,28)25-21-13-15(2)31-24-21/h5-14H,4H2,1-3H3,(H,23,26)(H,24,25). The van der Waals surface area contributed by atoms with E-state index < -0.39 is 10.0 Å². The fourth-order valence-corrected chi connectivity index (χ4v) is 3.73. The molecule has 0 saturated carbocycles. The second-order valence-corrected chi connectivity index (χ2v) is 8.30. The second-order valence-electron chi connectivity index (χ2n) is 6.62. The number of nitrogens with zero attached hydrogens (tertiary/aromatic N) is 1. The van der Waals surface area contributed by atoms with Gasteiger partial charge in [0.15, 0.2) is 17.3 Å². The highest BCUT2D eigenvalue weighted by atomic mass is 32.2. The van der Waals surface area contributed by atoms with Gasteiger partial charge in [-0.05, 0) is 61.9 Å². The fourth-order valence-electron chi connectivity index (χ4n) is 2.75. The number of nitrogens with one attached hydrogen (secondary N) is 2. The molecule has 0 aliphatic carbocycles. The second kappa shape index (κ2) is 10.0. The van der Waals surface area contributed by atoms with Gasteiger partial charge >= 0.3 is 0 Å². The Hall–Kier alpha value is -3.79. The van der Waals surface area contributed by atoms with Crippen LogP contribution in [-0.2, 0) is 14.8 Å². The molecule has 10 heteroatoms. The van der Waals surface area contributed by atoms with E-state index in [4.69, 9.17) is 14.0 Å². The smallest absolute Gasteiger partial charge is 0.263 e. The highest BCUT2D eigenvalue weighted by Crippen LogP contribution is 2.28. The molecular weight excluding hydrogens is 434 g/mol. The van der Waals surface area contributed by atoms with Gasteiger partial charge in [0.25, 0.3) is 10.0 Å². The zero-order chi connectivity index (χ0) is 23.1. The molecule has 0 radical (unpaired) electrons. The first kappa shape index (κ1) is 22.9. The van der Waals surface area contributed by atoms with Crippen LogP contribution >= 0.6 is 0 Å². The largest absolute Gasteiger partial charge is 0.493 e. The molecule has 0 spiro atoms. The molecule has 9 nitrogen and oxygen atoms in total.